The number of hydrogen-bond acceptors (Lipinski definition) is 6. The van der Waals surface area contributed by atoms with Crippen molar-refractivity contribution in [3.8, 4) is 17.0 Å². The van der Waals surface area contributed by atoms with E-state index in [1.54, 1.807) is 43.3 Å². The maximum atomic E-state index is 13.1. The van der Waals surface area contributed by atoms with Gasteiger partial charge in [-0.1, -0.05) is 42.5 Å². The molecule has 8 nitrogen and oxygen atoms in total. The van der Waals surface area contributed by atoms with Crippen LogP contribution in [0.3, 0.4) is 0 Å². The van der Waals surface area contributed by atoms with E-state index in [0.29, 0.717) is 28.1 Å². The van der Waals surface area contributed by atoms with E-state index in [9.17, 15) is 9.59 Å². The molecular formula is C24H17N5O3. The number of anilines is 1. The summed E-state index contributed by atoms with van der Waals surface area (Å²) in [7, 11) is 0. The zero-order valence-corrected chi connectivity index (χ0v) is 17.0. The second-order valence-corrected chi connectivity index (χ2v) is 7.19. The molecule has 0 aliphatic carbocycles. The summed E-state index contributed by atoms with van der Waals surface area (Å²) >= 11 is 0. The van der Waals surface area contributed by atoms with E-state index in [2.05, 4.69) is 20.8 Å². The highest BCUT2D eigenvalue weighted by Gasteiger charge is 2.18. The van der Waals surface area contributed by atoms with Crippen molar-refractivity contribution < 1.29 is 9.21 Å². The Balaban J connectivity index is 1.57. The van der Waals surface area contributed by atoms with Gasteiger partial charge >= 0.3 is 0 Å². The molecule has 32 heavy (non-hydrogen) atoms. The summed E-state index contributed by atoms with van der Waals surface area (Å²) in [5, 5.41) is 14.3. The Morgan fingerprint density at radius 1 is 1.00 bits per heavy atom. The molecule has 0 unspecified atom stereocenters. The number of hydrogen-bond donors (Lipinski definition) is 1. The molecule has 156 valence electrons. The highest BCUT2D eigenvalue weighted by Crippen LogP contribution is 2.27. The van der Waals surface area contributed by atoms with Crippen LogP contribution >= 0.6 is 0 Å². The van der Waals surface area contributed by atoms with Crippen LogP contribution in [0.1, 0.15) is 15.9 Å². The van der Waals surface area contributed by atoms with E-state index in [0.717, 1.165) is 5.56 Å². The first-order chi connectivity index (χ1) is 15.6. The second kappa shape index (κ2) is 7.92. The lowest BCUT2D eigenvalue weighted by Crippen LogP contribution is -2.15. The molecule has 0 aliphatic heterocycles. The number of para-hydroxylation sites is 1. The van der Waals surface area contributed by atoms with Gasteiger partial charge < -0.3 is 9.73 Å². The molecule has 1 amide bonds. The van der Waals surface area contributed by atoms with Gasteiger partial charge in [0.15, 0.2) is 11.0 Å². The summed E-state index contributed by atoms with van der Waals surface area (Å²) in [5.41, 5.74) is 2.86. The van der Waals surface area contributed by atoms with Gasteiger partial charge in [0.2, 0.25) is 0 Å². The lowest BCUT2D eigenvalue weighted by molar-refractivity contribution is 0.102. The van der Waals surface area contributed by atoms with Crippen molar-refractivity contribution in [2.75, 3.05) is 5.32 Å². The van der Waals surface area contributed by atoms with Crippen molar-refractivity contribution in [3.05, 3.63) is 100 Å². The number of benzene rings is 3. The third-order valence-electron chi connectivity index (χ3n) is 5.14. The average Bonchev–Trinajstić information content (AvgIpc) is 3.37. The Kier molecular flexibility index (Phi) is 4.79. The normalized spacial score (nSPS) is 10.9. The summed E-state index contributed by atoms with van der Waals surface area (Å²) in [6.07, 6.45) is 1.47. The minimum Gasteiger partial charge on any atom is -0.455 e. The quantitative estimate of drug-likeness (QED) is 0.469. The van der Waals surface area contributed by atoms with Crippen LogP contribution < -0.4 is 10.7 Å². The van der Waals surface area contributed by atoms with Gasteiger partial charge in [0.1, 0.15) is 12.1 Å². The van der Waals surface area contributed by atoms with E-state index < -0.39 is 5.91 Å². The molecule has 0 atom stereocenters. The third-order valence-corrected chi connectivity index (χ3v) is 5.14. The Morgan fingerprint density at radius 2 is 1.81 bits per heavy atom. The topological polar surface area (TPSA) is 103 Å². The molecule has 0 saturated carbocycles. The fraction of sp³-hybridized carbons (Fsp3) is 0.0417. The van der Waals surface area contributed by atoms with Crippen LogP contribution in [0.25, 0.3) is 28.0 Å². The van der Waals surface area contributed by atoms with Gasteiger partial charge in [-0.2, -0.15) is 0 Å². The number of carbonyl (C=O) groups is 1. The van der Waals surface area contributed by atoms with Crippen LogP contribution in [0.15, 0.2) is 88.3 Å². The fourth-order valence-corrected chi connectivity index (χ4v) is 3.56. The summed E-state index contributed by atoms with van der Waals surface area (Å²) < 4.78 is 7.63. The van der Waals surface area contributed by atoms with E-state index in [4.69, 9.17) is 4.42 Å². The number of fused-ring (bicyclic) bond motifs is 1. The molecule has 2 heterocycles. The predicted octanol–water partition coefficient (Wildman–Crippen LogP) is 4.00. The summed E-state index contributed by atoms with van der Waals surface area (Å²) in [6, 6.07) is 21.4. The van der Waals surface area contributed by atoms with Gasteiger partial charge in [-0.05, 0) is 47.7 Å². The van der Waals surface area contributed by atoms with Crippen LogP contribution in [0.5, 0.6) is 0 Å². The molecule has 8 heteroatoms. The number of tetrazole rings is 1. The van der Waals surface area contributed by atoms with Gasteiger partial charge in [0.05, 0.1) is 16.6 Å². The zero-order chi connectivity index (χ0) is 22.1. The van der Waals surface area contributed by atoms with E-state index in [1.807, 2.05) is 36.4 Å². The summed E-state index contributed by atoms with van der Waals surface area (Å²) in [6.45, 7) is 1.73. The molecule has 3 aromatic carbocycles. The Labute approximate surface area is 182 Å². The maximum absolute atomic E-state index is 13.1. The SMILES string of the molecule is Cc1c(-c2ccccc2)oc2c(C(=O)Nc3cccc(-n4cnnn4)c3)cccc2c1=O. The minimum absolute atomic E-state index is 0.166. The Hall–Kier alpha value is -4.59. The molecule has 0 aliphatic rings. The van der Waals surface area contributed by atoms with E-state index >= 15 is 0 Å². The number of rotatable bonds is 4. The van der Waals surface area contributed by atoms with Gasteiger partial charge in [-0.25, -0.2) is 4.68 Å². The molecule has 5 rings (SSSR count). The molecule has 0 bridgehead atoms. The first-order valence-electron chi connectivity index (χ1n) is 9.88. The fourth-order valence-electron chi connectivity index (χ4n) is 3.56. The van der Waals surface area contributed by atoms with Crippen LogP contribution in [-0.2, 0) is 0 Å². The number of amides is 1. The molecule has 5 aromatic rings. The maximum Gasteiger partial charge on any atom is 0.259 e. The molecule has 2 aromatic heterocycles. The van der Waals surface area contributed by atoms with Crippen LogP contribution in [0, 0.1) is 6.92 Å². The molecular weight excluding hydrogens is 406 g/mol. The highest BCUT2D eigenvalue weighted by molar-refractivity contribution is 6.11. The average molecular weight is 423 g/mol. The number of nitrogens with one attached hydrogen (secondary N) is 1. The first kappa shape index (κ1) is 19.4. The van der Waals surface area contributed by atoms with Crippen molar-refractivity contribution in [1.82, 2.24) is 20.2 Å². The lowest BCUT2D eigenvalue weighted by Gasteiger charge is -2.11. The van der Waals surface area contributed by atoms with Crippen LogP contribution in [0.2, 0.25) is 0 Å². The van der Waals surface area contributed by atoms with Gasteiger partial charge in [-0.3, -0.25) is 9.59 Å². The highest BCUT2D eigenvalue weighted by atomic mass is 16.3. The monoisotopic (exact) mass is 423 g/mol. The van der Waals surface area contributed by atoms with Crippen molar-refractivity contribution in [2.24, 2.45) is 0 Å². The van der Waals surface area contributed by atoms with Crippen molar-refractivity contribution in [2.45, 2.75) is 6.92 Å². The molecule has 0 saturated heterocycles. The molecule has 0 spiro atoms. The third kappa shape index (κ3) is 3.43. The van der Waals surface area contributed by atoms with Gasteiger partial charge in [-0.15, -0.1) is 5.10 Å². The molecule has 0 fully saturated rings. The van der Waals surface area contributed by atoms with E-state index in [1.165, 1.54) is 11.0 Å². The minimum atomic E-state index is -0.393. The van der Waals surface area contributed by atoms with Crippen molar-refractivity contribution in [1.29, 1.82) is 0 Å². The zero-order valence-electron chi connectivity index (χ0n) is 17.0. The van der Waals surface area contributed by atoms with E-state index in [-0.39, 0.29) is 16.6 Å². The predicted molar refractivity (Wildman–Crippen MR) is 120 cm³/mol. The van der Waals surface area contributed by atoms with Crippen molar-refractivity contribution in [3.63, 3.8) is 0 Å². The second-order valence-electron chi connectivity index (χ2n) is 7.19. The number of nitrogens with zero attached hydrogens (tertiary/aromatic N) is 4. The Morgan fingerprint density at radius 3 is 2.59 bits per heavy atom. The van der Waals surface area contributed by atoms with Gasteiger partial charge in [0.25, 0.3) is 5.91 Å². The van der Waals surface area contributed by atoms with Crippen molar-refractivity contribution >= 4 is 22.6 Å². The number of carbonyl (C=O) groups excluding carboxylic acids is 1. The summed E-state index contributed by atoms with van der Waals surface area (Å²) in [5.74, 6) is 0.0551. The number of aromatic nitrogens is 4. The summed E-state index contributed by atoms with van der Waals surface area (Å²) in [4.78, 5) is 26.2. The van der Waals surface area contributed by atoms with Crippen LogP contribution in [0.4, 0.5) is 5.69 Å². The smallest absolute Gasteiger partial charge is 0.259 e. The van der Waals surface area contributed by atoms with Crippen LogP contribution in [-0.4, -0.2) is 26.1 Å². The first-order valence-corrected chi connectivity index (χ1v) is 9.88. The molecule has 1 N–H and O–H groups in total. The molecule has 0 radical (unpaired) electrons. The standard InChI is InChI=1S/C24H17N5O3/c1-15-21(30)19-11-6-12-20(23(19)32-22(15)16-7-3-2-4-8-16)24(31)26-17-9-5-10-18(13-17)29-14-25-27-28-29/h2-14H,1H3,(H,26,31). The van der Waals surface area contributed by atoms with Gasteiger partial charge in [0, 0.05) is 16.8 Å². The largest absolute Gasteiger partial charge is 0.455 e. The lowest BCUT2D eigenvalue weighted by atomic mass is 10.0. The Bertz CT molecular complexity index is 1490.